The first-order valence-electron chi connectivity index (χ1n) is 7.48. The lowest BCUT2D eigenvalue weighted by Crippen LogP contribution is -2.55. The Balaban J connectivity index is 2.56. The minimum Gasteiger partial charge on any atom is -0.468 e. The number of nitrogens with one attached hydrogen (secondary N) is 1. The van der Waals surface area contributed by atoms with Crippen LogP contribution in [0.25, 0.3) is 0 Å². The van der Waals surface area contributed by atoms with Gasteiger partial charge < -0.3 is 14.8 Å². The molecule has 0 aromatic carbocycles. The fourth-order valence-electron chi connectivity index (χ4n) is 3.08. The zero-order valence-corrected chi connectivity index (χ0v) is 12.8. The number of hydrogen-bond acceptors (Lipinski definition) is 4. The second-order valence-corrected chi connectivity index (χ2v) is 5.84. The Bertz CT molecular complexity index is 281. The van der Waals surface area contributed by atoms with Crippen LogP contribution in [0, 0.1) is 11.8 Å². The van der Waals surface area contributed by atoms with Crippen molar-refractivity contribution in [2.45, 2.75) is 52.0 Å². The predicted molar refractivity (Wildman–Crippen MR) is 76.0 cm³/mol. The van der Waals surface area contributed by atoms with Crippen molar-refractivity contribution < 1.29 is 14.3 Å². The quantitative estimate of drug-likeness (QED) is 0.544. The highest BCUT2D eigenvalue weighted by atomic mass is 16.5. The van der Waals surface area contributed by atoms with E-state index in [1.54, 1.807) is 0 Å². The van der Waals surface area contributed by atoms with E-state index in [0.717, 1.165) is 45.4 Å². The monoisotopic (exact) mass is 271 g/mol. The van der Waals surface area contributed by atoms with E-state index >= 15 is 0 Å². The van der Waals surface area contributed by atoms with Gasteiger partial charge in [-0.05, 0) is 37.6 Å². The average Bonchev–Trinajstić information content (AvgIpc) is 2.78. The fraction of sp³-hybridized carbons (Fsp3) is 0.933. The molecule has 1 aliphatic rings. The molecular weight excluding hydrogens is 242 g/mol. The van der Waals surface area contributed by atoms with Gasteiger partial charge in [-0.1, -0.05) is 27.2 Å². The summed E-state index contributed by atoms with van der Waals surface area (Å²) < 4.78 is 10.7. The highest BCUT2D eigenvalue weighted by Crippen LogP contribution is 2.38. The molecule has 4 heteroatoms. The molecule has 2 unspecified atom stereocenters. The molecule has 0 aromatic heterocycles. The zero-order valence-electron chi connectivity index (χ0n) is 12.8. The molecule has 2 atom stereocenters. The maximum absolute atomic E-state index is 12.2. The summed E-state index contributed by atoms with van der Waals surface area (Å²) in [5.41, 5.74) is -0.481. The summed E-state index contributed by atoms with van der Waals surface area (Å²) in [4.78, 5) is 12.2. The maximum atomic E-state index is 12.2. The standard InChI is InChI=1S/C15H29NO3/c1-5-16-15(14(17)18-4)9-6-7-13(15)8-10-19-11-12(2)3/h12-13,16H,5-11H2,1-4H3. The van der Waals surface area contributed by atoms with Crippen molar-refractivity contribution in [3.63, 3.8) is 0 Å². The van der Waals surface area contributed by atoms with Crippen molar-refractivity contribution in [2.75, 3.05) is 26.9 Å². The van der Waals surface area contributed by atoms with Crippen molar-refractivity contribution in [3.05, 3.63) is 0 Å². The molecule has 0 saturated heterocycles. The summed E-state index contributed by atoms with van der Waals surface area (Å²) in [6, 6.07) is 0. The van der Waals surface area contributed by atoms with Crippen molar-refractivity contribution in [1.29, 1.82) is 0 Å². The van der Waals surface area contributed by atoms with E-state index in [1.165, 1.54) is 7.11 Å². The SMILES string of the molecule is CCNC1(C(=O)OC)CCCC1CCOCC(C)C. The van der Waals surface area contributed by atoms with Crippen molar-refractivity contribution in [3.8, 4) is 0 Å². The Kier molecular flexibility index (Phi) is 6.80. The lowest BCUT2D eigenvalue weighted by Gasteiger charge is -2.33. The second kappa shape index (κ2) is 7.85. The molecule has 0 aromatic rings. The van der Waals surface area contributed by atoms with E-state index in [-0.39, 0.29) is 5.97 Å². The van der Waals surface area contributed by atoms with Gasteiger partial charge in [-0.15, -0.1) is 0 Å². The van der Waals surface area contributed by atoms with Crippen LogP contribution in [0.4, 0.5) is 0 Å². The van der Waals surface area contributed by atoms with Crippen LogP contribution in [-0.4, -0.2) is 38.4 Å². The molecule has 1 aliphatic carbocycles. The number of methoxy groups -OCH3 is 1. The molecule has 0 bridgehead atoms. The van der Waals surface area contributed by atoms with E-state index in [4.69, 9.17) is 9.47 Å². The van der Waals surface area contributed by atoms with Gasteiger partial charge in [-0.2, -0.15) is 0 Å². The normalized spacial score (nSPS) is 26.9. The van der Waals surface area contributed by atoms with Crippen LogP contribution in [0.3, 0.4) is 0 Å². The average molecular weight is 271 g/mol. The van der Waals surface area contributed by atoms with Gasteiger partial charge in [0.25, 0.3) is 0 Å². The van der Waals surface area contributed by atoms with E-state index in [1.807, 2.05) is 6.92 Å². The maximum Gasteiger partial charge on any atom is 0.326 e. The Labute approximate surface area is 117 Å². The molecule has 19 heavy (non-hydrogen) atoms. The Hall–Kier alpha value is -0.610. The fourth-order valence-corrected chi connectivity index (χ4v) is 3.08. The molecule has 1 fully saturated rings. The lowest BCUT2D eigenvalue weighted by molar-refractivity contribution is -0.150. The number of hydrogen-bond donors (Lipinski definition) is 1. The number of carbonyl (C=O) groups excluding carboxylic acids is 1. The summed E-state index contributed by atoms with van der Waals surface area (Å²) in [6.07, 6.45) is 3.96. The first-order valence-corrected chi connectivity index (χ1v) is 7.48. The lowest BCUT2D eigenvalue weighted by atomic mass is 9.84. The third kappa shape index (κ3) is 4.18. The molecule has 0 amide bonds. The molecule has 0 heterocycles. The van der Waals surface area contributed by atoms with Crippen LogP contribution in [0.15, 0.2) is 0 Å². The first-order chi connectivity index (χ1) is 9.06. The first kappa shape index (κ1) is 16.4. The predicted octanol–water partition coefficient (Wildman–Crippen LogP) is 2.37. The second-order valence-electron chi connectivity index (χ2n) is 5.84. The number of ether oxygens (including phenoxy) is 2. The number of likely N-dealkylation sites (N-methyl/N-ethyl adjacent to an activating group) is 1. The highest BCUT2D eigenvalue weighted by Gasteiger charge is 2.48. The van der Waals surface area contributed by atoms with Crippen LogP contribution in [-0.2, 0) is 14.3 Å². The van der Waals surface area contributed by atoms with Crippen LogP contribution >= 0.6 is 0 Å². The van der Waals surface area contributed by atoms with E-state index in [2.05, 4.69) is 19.2 Å². The van der Waals surface area contributed by atoms with Crippen LogP contribution in [0.1, 0.15) is 46.5 Å². The summed E-state index contributed by atoms with van der Waals surface area (Å²) in [5, 5.41) is 3.38. The van der Waals surface area contributed by atoms with E-state index < -0.39 is 5.54 Å². The Morgan fingerprint density at radius 2 is 2.21 bits per heavy atom. The number of esters is 1. The van der Waals surface area contributed by atoms with Gasteiger partial charge >= 0.3 is 5.97 Å². The van der Waals surface area contributed by atoms with Crippen LogP contribution in [0.5, 0.6) is 0 Å². The van der Waals surface area contributed by atoms with Gasteiger partial charge in [0.1, 0.15) is 5.54 Å². The highest BCUT2D eigenvalue weighted by molar-refractivity contribution is 5.81. The summed E-state index contributed by atoms with van der Waals surface area (Å²) >= 11 is 0. The van der Waals surface area contributed by atoms with Crippen molar-refractivity contribution in [1.82, 2.24) is 5.32 Å². The topological polar surface area (TPSA) is 47.6 Å². The van der Waals surface area contributed by atoms with Gasteiger partial charge in [-0.25, -0.2) is 0 Å². The molecule has 1 N–H and O–H groups in total. The molecule has 4 nitrogen and oxygen atoms in total. The molecule has 1 saturated carbocycles. The molecule has 0 aliphatic heterocycles. The van der Waals surface area contributed by atoms with Gasteiger partial charge in [-0.3, -0.25) is 4.79 Å². The van der Waals surface area contributed by atoms with E-state index in [0.29, 0.717) is 11.8 Å². The summed E-state index contributed by atoms with van der Waals surface area (Å²) in [7, 11) is 1.48. The summed E-state index contributed by atoms with van der Waals surface area (Å²) in [6.45, 7) is 8.64. The molecule has 0 spiro atoms. The molecular formula is C15H29NO3. The van der Waals surface area contributed by atoms with E-state index in [9.17, 15) is 4.79 Å². The molecule has 112 valence electrons. The smallest absolute Gasteiger partial charge is 0.326 e. The van der Waals surface area contributed by atoms with Crippen LogP contribution < -0.4 is 5.32 Å². The summed E-state index contributed by atoms with van der Waals surface area (Å²) in [5.74, 6) is 0.774. The third-order valence-electron chi connectivity index (χ3n) is 3.92. The molecule has 0 radical (unpaired) electrons. The number of carbonyl (C=O) groups is 1. The van der Waals surface area contributed by atoms with Gasteiger partial charge in [0.2, 0.25) is 0 Å². The largest absolute Gasteiger partial charge is 0.468 e. The Morgan fingerprint density at radius 1 is 1.47 bits per heavy atom. The molecule has 1 rings (SSSR count). The number of rotatable bonds is 8. The van der Waals surface area contributed by atoms with Gasteiger partial charge in [0.15, 0.2) is 0 Å². The van der Waals surface area contributed by atoms with Crippen LogP contribution in [0.2, 0.25) is 0 Å². The zero-order chi connectivity index (χ0) is 14.3. The van der Waals surface area contributed by atoms with Crippen molar-refractivity contribution >= 4 is 5.97 Å². The van der Waals surface area contributed by atoms with Crippen molar-refractivity contribution in [2.24, 2.45) is 11.8 Å². The minimum absolute atomic E-state index is 0.110. The Morgan fingerprint density at radius 3 is 2.79 bits per heavy atom. The van der Waals surface area contributed by atoms with Gasteiger partial charge in [0, 0.05) is 13.2 Å². The third-order valence-corrected chi connectivity index (χ3v) is 3.92. The van der Waals surface area contributed by atoms with Gasteiger partial charge in [0.05, 0.1) is 7.11 Å². The minimum atomic E-state index is -0.481.